The third kappa shape index (κ3) is 3.56. The molecule has 1 heterocycles. The molecule has 18 heavy (non-hydrogen) atoms. The molecule has 2 heteroatoms. The molecule has 0 radical (unpaired) electrons. The summed E-state index contributed by atoms with van der Waals surface area (Å²) in [5.74, 6) is 0.722. The molecule has 1 aliphatic rings. The average Bonchev–Trinajstić information content (AvgIpc) is 2.77. The van der Waals surface area contributed by atoms with Crippen molar-refractivity contribution < 1.29 is 4.74 Å². The van der Waals surface area contributed by atoms with Gasteiger partial charge in [0.2, 0.25) is 0 Å². The number of rotatable bonds is 5. The zero-order valence-electron chi connectivity index (χ0n) is 11.8. The third-order valence-corrected chi connectivity index (χ3v) is 4.10. The molecule has 1 fully saturated rings. The first-order chi connectivity index (χ1) is 8.61. The Morgan fingerprint density at radius 3 is 2.67 bits per heavy atom. The Bertz CT molecular complexity index is 361. The van der Waals surface area contributed by atoms with Crippen LogP contribution < -0.4 is 5.32 Å². The number of nitrogens with one attached hydrogen (secondary N) is 1. The van der Waals surface area contributed by atoms with Crippen LogP contribution in [0, 0.1) is 5.92 Å². The van der Waals surface area contributed by atoms with Gasteiger partial charge in [0.25, 0.3) is 0 Å². The van der Waals surface area contributed by atoms with Crippen molar-refractivity contribution >= 4 is 0 Å². The SMILES string of the molecule is COC(C)(C)CC1CCNC1Cc1ccccc1. The van der Waals surface area contributed by atoms with Crippen LogP contribution in [0.2, 0.25) is 0 Å². The van der Waals surface area contributed by atoms with Crippen LogP contribution in [-0.4, -0.2) is 25.3 Å². The Hall–Kier alpha value is -0.860. The summed E-state index contributed by atoms with van der Waals surface area (Å²) < 4.78 is 5.57. The lowest BCUT2D eigenvalue weighted by Gasteiger charge is -2.29. The van der Waals surface area contributed by atoms with Crippen LogP contribution in [0.5, 0.6) is 0 Å². The molecule has 1 aliphatic heterocycles. The van der Waals surface area contributed by atoms with Gasteiger partial charge in [0.15, 0.2) is 0 Å². The standard InChI is InChI=1S/C16H25NO/c1-16(2,18-3)12-14-9-10-17-15(14)11-13-7-5-4-6-8-13/h4-8,14-15,17H,9-12H2,1-3H3. The maximum Gasteiger partial charge on any atom is 0.0626 e. The lowest BCUT2D eigenvalue weighted by Crippen LogP contribution is -2.34. The highest BCUT2D eigenvalue weighted by molar-refractivity contribution is 5.16. The molecule has 1 saturated heterocycles. The smallest absolute Gasteiger partial charge is 0.0626 e. The molecule has 2 nitrogen and oxygen atoms in total. The van der Waals surface area contributed by atoms with Gasteiger partial charge in [-0.15, -0.1) is 0 Å². The van der Waals surface area contributed by atoms with Crippen LogP contribution in [0.15, 0.2) is 30.3 Å². The fourth-order valence-corrected chi connectivity index (χ4v) is 2.89. The summed E-state index contributed by atoms with van der Waals surface area (Å²) in [6, 6.07) is 11.4. The van der Waals surface area contributed by atoms with Crippen molar-refractivity contribution in [1.29, 1.82) is 0 Å². The fraction of sp³-hybridized carbons (Fsp3) is 0.625. The summed E-state index contributed by atoms with van der Waals surface area (Å²) in [4.78, 5) is 0. The average molecular weight is 247 g/mol. The van der Waals surface area contributed by atoms with Crippen LogP contribution in [-0.2, 0) is 11.2 Å². The summed E-state index contributed by atoms with van der Waals surface area (Å²) in [6.45, 7) is 5.51. The second kappa shape index (κ2) is 5.85. The van der Waals surface area contributed by atoms with Crippen molar-refractivity contribution in [2.45, 2.75) is 44.8 Å². The third-order valence-electron chi connectivity index (χ3n) is 4.10. The first-order valence-corrected chi connectivity index (χ1v) is 6.93. The zero-order valence-corrected chi connectivity index (χ0v) is 11.8. The summed E-state index contributed by atoms with van der Waals surface area (Å²) >= 11 is 0. The van der Waals surface area contributed by atoms with Crippen molar-refractivity contribution in [2.75, 3.05) is 13.7 Å². The van der Waals surface area contributed by atoms with E-state index in [2.05, 4.69) is 49.5 Å². The maximum absolute atomic E-state index is 5.57. The number of benzene rings is 1. The van der Waals surface area contributed by atoms with Crippen molar-refractivity contribution in [1.82, 2.24) is 5.32 Å². The first-order valence-electron chi connectivity index (χ1n) is 6.93. The second-order valence-electron chi connectivity index (χ2n) is 5.97. The molecule has 0 aliphatic carbocycles. The Morgan fingerprint density at radius 2 is 2.00 bits per heavy atom. The van der Waals surface area contributed by atoms with Gasteiger partial charge in [0.05, 0.1) is 5.60 Å². The van der Waals surface area contributed by atoms with E-state index in [0.717, 1.165) is 25.3 Å². The largest absolute Gasteiger partial charge is 0.379 e. The Balaban J connectivity index is 1.96. The maximum atomic E-state index is 5.57. The monoisotopic (exact) mass is 247 g/mol. The molecule has 0 saturated carbocycles. The van der Waals surface area contributed by atoms with Crippen molar-refractivity contribution in [3.63, 3.8) is 0 Å². The molecule has 2 atom stereocenters. The van der Waals surface area contributed by atoms with Crippen LogP contribution >= 0.6 is 0 Å². The van der Waals surface area contributed by atoms with Crippen LogP contribution in [0.4, 0.5) is 0 Å². The minimum absolute atomic E-state index is 0.00831. The highest BCUT2D eigenvalue weighted by atomic mass is 16.5. The van der Waals surface area contributed by atoms with Gasteiger partial charge in [0, 0.05) is 13.2 Å². The van der Waals surface area contributed by atoms with Gasteiger partial charge in [-0.05, 0) is 51.1 Å². The normalized spacial score (nSPS) is 24.4. The van der Waals surface area contributed by atoms with E-state index in [4.69, 9.17) is 4.74 Å². The van der Waals surface area contributed by atoms with E-state index in [1.54, 1.807) is 0 Å². The van der Waals surface area contributed by atoms with Gasteiger partial charge >= 0.3 is 0 Å². The molecular weight excluding hydrogens is 222 g/mol. The van der Waals surface area contributed by atoms with Crippen molar-refractivity contribution in [2.24, 2.45) is 5.92 Å². The van der Waals surface area contributed by atoms with Crippen LogP contribution in [0.25, 0.3) is 0 Å². The van der Waals surface area contributed by atoms with E-state index in [1.807, 2.05) is 7.11 Å². The molecule has 1 aromatic rings. The predicted octanol–water partition coefficient (Wildman–Crippen LogP) is 3.02. The molecule has 0 bridgehead atoms. The molecule has 1 aromatic carbocycles. The number of hydrogen-bond acceptors (Lipinski definition) is 2. The van der Waals surface area contributed by atoms with E-state index in [1.165, 1.54) is 12.0 Å². The van der Waals surface area contributed by atoms with E-state index in [-0.39, 0.29) is 5.60 Å². The zero-order chi connectivity index (χ0) is 13.0. The molecule has 1 N–H and O–H groups in total. The predicted molar refractivity (Wildman–Crippen MR) is 75.7 cm³/mol. The topological polar surface area (TPSA) is 21.3 Å². The van der Waals surface area contributed by atoms with Crippen molar-refractivity contribution in [3.05, 3.63) is 35.9 Å². The quantitative estimate of drug-likeness (QED) is 0.863. The molecule has 2 unspecified atom stereocenters. The van der Waals surface area contributed by atoms with Crippen molar-refractivity contribution in [3.8, 4) is 0 Å². The lowest BCUT2D eigenvalue weighted by molar-refractivity contribution is 0.000577. The fourth-order valence-electron chi connectivity index (χ4n) is 2.89. The van der Waals surface area contributed by atoms with E-state index >= 15 is 0 Å². The summed E-state index contributed by atoms with van der Waals surface area (Å²) in [7, 11) is 1.81. The summed E-state index contributed by atoms with van der Waals surface area (Å²) in [5.41, 5.74) is 1.42. The highest BCUT2D eigenvalue weighted by Gasteiger charge is 2.32. The van der Waals surface area contributed by atoms with Gasteiger partial charge in [-0.2, -0.15) is 0 Å². The minimum atomic E-state index is -0.00831. The number of ether oxygens (including phenoxy) is 1. The lowest BCUT2D eigenvalue weighted by atomic mass is 9.85. The Morgan fingerprint density at radius 1 is 1.28 bits per heavy atom. The highest BCUT2D eigenvalue weighted by Crippen LogP contribution is 2.29. The summed E-state index contributed by atoms with van der Waals surface area (Å²) in [6.07, 6.45) is 3.53. The van der Waals surface area contributed by atoms with E-state index < -0.39 is 0 Å². The summed E-state index contributed by atoms with van der Waals surface area (Å²) in [5, 5.41) is 3.65. The van der Waals surface area contributed by atoms with Gasteiger partial charge in [-0.1, -0.05) is 30.3 Å². The molecular formula is C16H25NO. The van der Waals surface area contributed by atoms with Crippen LogP contribution in [0.3, 0.4) is 0 Å². The minimum Gasteiger partial charge on any atom is -0.379 e. The molecule has 0 aromatic heterocycles. The number of hydrogen-bond donors (Lipinski definition) is 1. The van der Waals surface area contributed by atoms with Gasteiger partial charge in [-0.3, -0.25) is 0 Å². The van der Waals surface area contributed by atoms with E-state index in [0.29, 0.717) is 6.04 Å². The van der Waals surface area contributed by atoms with Gasteiger partial charge in [0.1, 0.15) is 0 Å². The number of methoxy groups -OCH3 is 1. The molecule has 100 valence electrons. The molecule has 2 rings (SSSR count). The second-order valence-corrected chi connectivity index (χ2v) is 5.97. The van der Waals surface area contributed by atoms with Gasteiger partial charge in [-0.25, -0.2) is 0 Å². The molecule has 0 amide bonds. The van der Waals surface area contributed by atoms with Gasteiger partial charge < -0.3 is 10.1 Å². The first kappa shape index (κ1) is 13.6. The Labute approximate surface area is 111 Å². The Kier molecular flexibility index (Phi) is 4.41. The van der Waals surface area contributed by atoms with E-state index in [9.17, 15) is 0 Å². The molecule has 0 spiro atoms. The van der Waals surface area contributed by atoms with Crippen LogP contribution in [0.1, 0.15) is 32.3 Å².